The Bertz CT molecular complexity index is 944. The molecule has 6 heteroatoms. The van der Waals surface area contributed by atoms with E-state index in [1.807, 2.05) is 48.5 Å². The van der Waals surface area contributed by atoms with Crippen LogP contribution in [0.5, 0.6) is 11.5 Å². The van der Waals surface area contributed by atoms with Gasteiger partial charge in [0.15, 0.2) is 0 Å². The van der Waals surface area contributed by atoms with Crippen LogP contribution < -0.4 is 9.47 Å². The largest absolute Gasteiger partial charge is 0.490 e. The van der Waals surface area contributed by atoms with Gasteiger partial charge in [-0.2, -0.15) is 0 Å². The summed E-state index contributed by atoms with van der Waals surface area (Å²) in [7, 11) is 0. The lowest BCUT2D eigenvalue weighted by molar-refractivity contribution is -0.138. The molecule has 0 atom stereocenters. The fourth-order valence-electron chi connectivity index (χ4n) is 2.54. The second kappa shape index (κ2) is 14.2. The van der Waals surface area contributed by atoms with Crippen LogP contribution in [0.4, 0.5) is 0 Å². The van der Waals surface area contributed by atoms with E-state index in [0.717, 1.165) is 22.6 Å². The minimum Gasteiger partial charge on any atom is -0.490 e. The van der Waals surface area contributed by atoms with Crippen LogP contribution in [0.25, 0.3) is 11.1 Å². The summed E-state index contributed by atoms with van der Waals surface area (Å²) in [6.45, 7) is 11.4. The predicted molar refractivity (Wildman–Crippen MR) is 133 cm³/mol. The maximum absolute atomic E-state index is 11.3. The summed E-state index contributed by atoms with van der Waals surface area (Å²) in [5.41, 5.74) is 2.86. The molecule has 6 nitrogen and oxygen atoms in total. The SMILES string of the molecule is C=C(C)C(=O)OC/C=C/COc1ccc(-c2ccc(OC/C=C/COC(=O)C(=C)C)cc2)cc1. The third kappa shape index (κ3) is 9.61. The van der Waals surface area contributed by atoms with Gasteiger partial charge >= 0.3 is 11.9 Å². The van der Waals surface area contributed by atoms with Crippen LogP contribution in [-0.4, -0.2) is 38.4 Å². The van der Waals surface area contributed by atoms with E-state index in [4.69, 9.17) is 18.9 Å². The van der Waals surface area contributed by atoms with Crippen molar-refractivity contribution in [2.45, 2.75) is 13.8 Å². The van der Waals surface area contributed by atoms with Crippen LogP contribution in [0, 0.1) is 0 Å². The molecule has 0 amide bonds. The minimum absolute atomic E-state index is 0.189. The van der Waals surface area contributed by atoms with Gasteiger partial charge in [0.2, 0.25) is 0 Å². The first kappa shape index (κ1) is 26.2. The van der Waals surface area contributed by atoms with Crippen LogP contribution in [0.2, 0.25) is 0 Å². The molecule has 2 aromatic rings. The zero-order valence-corrected chi connectivity index (χ0v) is 19.6. The molecule has 2 aromatic carbocycles. The first-order valence-corrected chi connectivity index (χ1v) is 10.8. The fraction of sp³-hybridized carbons (Fsp3) is 0.214. The van der Waals surface area contributed by atoms with Crippen molar-refractivity contribution in [3.05, 3.63) is 97.1 Å². The van der Waals surface area contributed by atoms with Crippen LogP contribution in [0.1, 0.15) is 13.8 Å². The van der Waals surface area contributed by atoms with E-state index in [9.17, 15) is 9.59 Å². The van der Waals surface area contributed by atoms with Gasteiger partial charge in [-0.25, -0.2) is 9.59 Å². The van der Waals surface area contributed by atoms with Gasteiger partial charge in [-0.3, -0.25) is 0 Å². The zero-order chi connectivity index (χ0) is 24.8. The molecule has 0 aliphatic heterocycles. The Labute approximate surface area is 200 Å². The molecule has 0 fully saturated rings. The second-order valence-electron chi connectivity index (χ2n) is 7.37. The van der Waals surface area contributed by atoms with Crippen LogP contribution in [-0.2, 0) is 19.1 Å². The molecule has 178 valence electrons. The Kier molecular flexibility index (Phi) is 10.9. The third-order valence-corrected chi connectivity index (χ3v) is 4.39. The number of hydrogen-bond donors (Lipinski definition) is 0. The van der Waals surface area contributed by atoms with Gasteiger partial charge in [-0.05, 0) is 73.5 Å². The van der Waals surface area contributed by atoms with Gasteiger partial charge in [0, 0.05) is 11.1 Å². The number of ether oxygens (including phenoxy) is 4. The molecule has 0 unspecified atom stereocenters. The van der Waals surface area contributed by atoms with Crippen molar-refractivity contribution in [1.82, 2.24) is 0 Å². The lowest BCUT2D eigenvalue weighted by atomic mass is 10.1. The van der Waals surface area contributed by atoms with E-state index in [1.54, 1.807) is 38.2 Å². The Hall–Kier alpha value is -4.06. The second-order valence-corrected chi connectivity index (χ2v) is 7.37. The molecule has 0 aromatic heterocycles. The van der Waals surface area contributed by atoms with Gasteiger partial charge in [0.25, 0.3) is 0 Å². The van der Waals surface area contributed by atoms with E-state index in [-0.39, 0.29) is 13.2 Å². The summed E-state index contributed by atoms with van der Waals surface area (Å²) >= 11 is 0. The zero-order valence-electron chi connectivity index (χ0n) is 19.6. The molecule has 0 heterocycles. The van der Waals surface area contributed by atoms with Gasteiger partial charge < -0.3 is 18.9 Å². The molecule has 0 radical (unpaired) electrons. The molecule has 0 spiro atoms. The van der Waals surface area contributed by atoms with Gasteiger partial charge in [0.05, 0.1) is 0 Å². The van der Waals surface area contributed by atoms with Gasteiger partial charge in [0.1, 0.15) is 37.9 Å². The molecule has 2 rings (SSSR count). The van der Waals surface area contributed by atoms with Crippen LogP contribution >= 0.6 is 0 Å². The molecule has 0 N–H and O–H groups in total. The average Bonchev–Trinajstić information content (AvgIpc) is 2.83. The highest BCUT2D eigenvalue weighted by Gasteiger charge is 2.02. The molecule has 0 aliphatic rings. The van der Waals surface area contributed by atoms with Crippen molar-refractivity contribution in [3.63, 3.8) is 0 Å². The Balaban J connectivity index is 1.73. The molecule has 34 heavy (non-hydrogen) atoms. The Morgan fingerprint density at radius 1 is 0.618 bits per heavy atom. The van der Waals surface area contributed by atoms with Crippen molar-refractivity contribution < 1.29 is 28.5 Å². The first-order chi connectivity index (χ1) is 16.4. The van der Waals surface area contributed by atoms with E-state index in [0.29, 0.717) is 24.4 Å². The van der Waals surface area contributed by atoms with Crippen molar-refractivity contribution in [2.24, 2.45) is 0 Å². The number of carbonyl (C=O) groups is 2. The lowest BCUT2D eigenvalue weighted by Gasteiger charge is -2.07. The summed E-state index contributed by atoms with van der Waals surface area (Å²) in [6, 6.07) is 15.6. The lowest BCUT2D eigenvalue weighted by Crippen LogP contribution is -2.04. The van der Waals surface area contributed by atoms with Crippen molar-refractivity contribution >= 4 is 11.9 Å². The monoisotopic (exact) mass is 462 g/mol. The summed E-state index contributed by atoms with van der Waals surface area (Å²) < 4.78 is 21.3. The van der Waals surface area contributed by atoms with Crippen molar-refractivity contribution in [3.8, 4) is 22.6 Å². The highest BCUT2D eigenvalue weighted by atomic mass is 16.5. The van der Waals surface area contributed by atoms with Gasteiger partial charge in [-0.1, -0.05) is 37.4 Å². The van der Waals surface area contributed by atoms with Crippen molar-refractivity contribution in [2.75, 3.05) is 26.4 Å². The molecule has 0 saturated heterocycles. The smallest absolute Gasteiger partial charge is 0.333 e. The topological polar surface area (TPSA) is 71.1 Å². The normalized spacial score (nSPS) is 10.8. The van der Waals surface area contributed by atoms with E-state index in [1.165, 1.54) is 0 Å². The third-order valence-electron chi connectivity index (χ3n) is 4.39. The number of carbonyl (C=O) groups excluding carboxylic acids is 2. The minimum atomic E-state index is -0.406. The molecule has 0 bridgehead atoms. The van der Waals surface area contributed by atoms with E-state index >= 15 is 0 Å². The highest BCUT2D eigenvalue weighted by molar-refractivity contribution is 5.87. The van der Waals surface area contributed by atoms with Crippen LogP contribution in [0.15, 0.2) is 97.1 Å². The maximum Gasteiger partial charge on any atom is 0.333 e. The Morgan fingerprint density at radius 3 is 1.26 bits per heavy atom. The summed E-state index contributed by atoms with van der Waals surface area (Å²) in [4.78, 5) is 22.5. The molecular weight excluding hydrogens is 432 g/mol. The number of rotatable bonds is 13. The summed E-state index contributed by atoms with van der Waals surface area (Å²) in [5.74, 6) is 0.675. The standard InChI is InChI=1S/C28H30O6/c1-21(2)27(29)33-19-7-5-17-31-25-13-9-23(10-14-25)24-11-15-26(16-12-24)32-18-6-8-20-34-28(30)22(3)4/h5-16H,1,3,17-20H2,2,4H3/b7-5+,8-6+. The number of esters is 2. The van der Waals surface area contributed by atoms with Crippen LogP contribution in [0.3, 0.4) is 0 Å². The van der Waals surface area contributed by atoms with E-state index in [2.05, 4.69) is 13.2 Å². The molecular formula is C28H30O6. The first-order valence-electron chi connectivity index (χ1n) is 10.8. The number of benzene rings is 2. The Morgan fingerprint density at radius 2 is 0.941 bits per heavy atom. The fourth-order valence-corrected chi connectivity index (χ4v) is 2.54. The maximum atomic E-state index is 11.3. The predicted octanol–water partition coefficient (Wildman–Crippen LogP) is 5.46. The van der Waals surface area contributed by atoms with E-state index < -0.39 is 11.9 Å². The summed E-state index contributed by atoms with van der Waals surface area (Å²) in [5, 5.41) is 0. The highest BCUT2D eigenvalue weighted by Crippen LogP contribution is 2.24. The number of hydrogen-bond acceptors (Lipinski definition) is 6. The van der Waals surface area contributed by atoms with Crippen molar-refractivity contribution in [1.29, 1.82) is 0 Å². The quantitative estimate of drug-likeness (QED) is 0.224. The molecule has 0 aliphatic carbocycles. The molecule has 0 saturated carbocycles. The average molecular weight is 463 g/mol. The summed E-state index contributed by atoms with van der Waals surface area (Å²) in [6.07, 6.45) is 7.05. The van der Waals surface area contributed by atoms with Gasteiger partial charge in [-0.15, -0.1) is 0 Å².